The Morgan fingerprint density at radius 1 is 0.829 bits per heavy atom. The summed E-state index contributed by atoms with van der Waals surface area (Å²) in [4.78, 5) is 24.7. The number of rotatable bonds is 19. The van der Waals surface area contributed by atoms with Crippen LogP contribution in [-0.2, 0) is 22.4 Å². The normalized spacial score (nSPS) is 21.3. The first kappa shape index (κ1) is 38.1. The van der Waals surface area contributed by atoms with E-state index in [1.165, 1.54) is 12.8 Å². The Morgan fingerprint density at radius 2 is 1.39 bits per heavy atom. The van der Waals surface area contributed by atoms with Crippen molar-refractivity contribution >= 4 is 37.4 Å². The Morgan fingerprint density at radius 3 is 1.85 bits per heavy atom. The summed E-state index contributed by atoms with van der Waals surface area (Å²) in [6.07, 6.45) is 4.09. The van der Waals surface area contributed by atoms with Crippen LogP contribution in [0.4, 0.5) is 9.59 Å². The molecule has 0 aromatic heterocycles. The van der Waals surface area contributed by atoms with Crippen molar-refractivity contribution < 1.29 is 32.0 Å². The molecule has 0 aliphatic heterocycles. The number of alkyl carbamates (subject to hydrolysis) is 2. The van der Waals surface area contributed by atoms with E-state index in [2.05, 4.69) is 70.3 Å². The Bertz CT molecular complexity index is 775. The molecular formula is C29H62N2O7Si3. The number of hydrogen-bond acceptors (Lipinski definition) is 7. The molecule has 2 N–H and O–H groups in total. The molecule has 1 rings (SSSR count). The van der Waals surface area contributed by atoms with Crippen molar-refractivity contribution in [3.8, 4) is 0 Å². The highest BCUT2D eigenvalue weighted by atomic mass is 28.5. The Balaban J connectivity index is 2.73. The van der Waals surface area contributed by atoms with Gasteiger partial charge in [-0.1, -0.05) is 27.2 Å². The summed E-state index contributed by atoms with van der Waals surface area (Å²) in [5.41, 5.74) is -0.638. The molecule has 0 heterocycles. The zero-order valence-corrected chi connectivity index (χ0v) is 31.1. The monoisotopic (exact) mass is 634 g/mol. The van der Waals surface area contributed by atoms with E-state index in [4.69, 9.17) is 22.4 Å². The van der Waals surface area contributed by atoms with Crippen LogP contribution in [0.3, 0.4) is 0 Å². The van der Waals surface area contributed by atoms with Crippen LogP contribution in [0.25, 0.3) is 0 Å². The van der Waals surface area contributed by atoms with Gasteiger partial charge in [0.2, 0.25) is 0 Å². The molecule has 1 saturated carbocycles. The van der Waals surface area contributed by atoms with Gasteiger partial charge in [0.25, 0.3) is 0 Å². The molecule has 2 amide bonds. The fourth-order valence-electron chi connectivity index (χ4n) is 5.62. The predicted molar refractivity (Wildman–Crippen MR) is 173 cm³/mol. The number of hydrogen-bond donors (Lipinski definition) is 2. The largest absolute Gasteiger partial charge is 0.449 e. The maximum atomic E-state index is 12.7. The highest BCUT2D eigenvalue weighted by molar-refractivity contribution is 6.87. The first-order valence-electron chi connectivity index (χ1n) is 15.7. The van der Waals surface area contributed by atoms with Gasteiger partial charge in [-0.15, -0.1) is 0 Å². The van der Waals surface area contributed by atoms with Crippen LogP contribution in [0.5, 0.6) is 0 Å². The van der Waals surface area contributed by atoms with Crippen molar-refractivity contribution in [3.05, 3.63) is 0 Å². The third-order valence-electron chi connectivity index (χ3n) is 7.69. The van der Waals surface area contributed by atoms with E-state index < -0.39 is 42.8 Å². The van der Waals surface area contributed by atoms with E-state index >= 15 is 0 Å². The zero-order valence-electron chi connectivity index (χ0n) is 28.1. The molecule has 1 aliphatic rings. The van der Waals surface area contributed by atoms with Gasteiger partial charge in [-0.05, 0) is 102 Å². The van der Waals surface area contributed by atoms with E-state index in [0.717, 1.165) is 24.8 Å². The van der Waals surface area contributed by atoms with E-state index in [-0.39, 0.29) is 13.2 Å². The van der Waals surface area contributed by atoms with Crippen molar-refractivity contribution in [3.63, 3.8) is 0 Å². The van der Waals surface area contributed by atoms with E-state index in [1.54, 1.807) is 0 Å². The Hall–Kier alpha value is -0.929. The summed E-state index contributed by atoms with van der Waals surface area (Å²) in [5.74, 6) is 1.83. The van der Waals surface area contributed by atoms with Crippen molar-refractivity contribution in [2.75, 3.05) is 39.5 Å². The number of ether oxygens (including phenoxy) is 3. The van der Waals surface area contributed by atoms with Crippen LogP contribution in [0, 0.1) is 23.2 Å². The van der Waals surface area contributed by atoms with Gasteiger partial charge in [0.05, 0.1) is 12.0 Å². The van der Waals surface area contributed by atoms with Crippen molar-refractivity contribution in [1.82, 2.24) is 10.6 Å². The van der Waals surface area contributed by atoms with Crippen LogP contribution in [0.2, 0.25) is 51.9 Å². The van der Waals surface area contributed by atoms with Gasteiger partial charge in [0.1, 0.15) is 13.2 Å². The number of amides is 2. The molecule has 9 nitrogen and oxygen atoms in total. The minimum Gasteiger partial charge on any atom is -0.449 e. The molecule has 41 heavy (non-hydrogen) atoms. The SMILES string of the molecule is CCNC(=O)OCC(CC)(COCCC[Si](C)(O[Si](C)(C)C)O[Si](C)(C)C)COC(=O)NCC1CC(CC)CC1C. The molecule has 1 aliphatic carbocycles. The van der Waals surface area contributed by atoms with Gasteiger partial charge < -0.3 is 33.1 Å². The number of nitrogens with one attached hydrogen (secondary N) is 2. The minimum atomic E-state index is -2.34. The lowest BCUT2D eigenvalue weighted by atomic mass is 9.88. The summed E-state index contributed by atoms with van der Waals surface area (Å²) < 4.78 is 30.6. The van der Waals surface area contributed by atoms with Gasteiger partial charge in [-0.2, -0.15) is 0 Å². The van der Waals surface area contributed by atoms with Crippen LogP contribution < -0.4 is 10.6 Å². The van der Waals surface area contributed by atoms with Gasteiger partial charge in [-0.3, -0.25) is 0 Å². The van der Waals surface area contributed by atoms with Crippen LogP contribution in [-0.4, -0.2) is 76.9 Å². The first-order chi connectivity index (χ1) is 19.0. The molecule has 0 spiro atoms. The molecule has 0 bridgehead atoms. The second-order valence-corrected chi connectivity index (χ2v) is 27.0. The highest BCUT2D eigenvalue weighted by Gasteiger charge is 2.40. The highest BCUT2D eigenvalue weighted by Crippen LogP contribution is 2.37. The van der Waals surface area contributed by atoms with Gasteiger partial charge in [0, 0.05) is 19.7 Å². The number of carbonyl (C=O) groups is 2. The lowest BCUT2D eigenvalue weighted by Gasteiger charge is -2.38. The molecule has 0 aromatic carbocycles. The lowest BCUT2D eigenvalue weighted by Crippen LogP contribution is -2.52. The van der Waals surface area contributed by atoms with Gasteiger partial charge in [0.15, 0.2) is 16.6 Å². The molecule has 0 aromatic rings. The van der Waals surface area contributed by atoms with Crippen LogP contribution >= 0.6 is 0 Å². The molecule has 0 saturated heterocycles. The Labute approximate surface area is 254 Å². The second-order valence-electron chi connectivity index (χ2n) is 14.1. The van der Waals surface area contributed by atoms with E-state index in [9.17, 15) is 9.59 Å². The maximum Gasteiger partial charge on any atom is 0.407 e. The molecule has 12 heteroatoms. The summed E-state index contributed by atoms with van der Waals surface area (Å²) in [6, 6.07) is 0.855. The average Bonchev–Trinajstić information content (AvgIpc) is 3.21. The first-order valence-corrected chi connectivity index (χ1v) is 25.1. The fraction of sp³-hybridized carbons (Fsp3) is 0.931. The molecule has 242 valence electrons. The lowest BCUT2D eigenvalue weighted by molar-refractivity contribution is -0.0383. The van der Waals surface area contributed by atoms with Crippen molar-refractivity contribution in [2.24, 2.45) is 23.2 Å². The summed E-state index contributed by atoms with van der Waals surface area (Å²) in [7, 11) is -5.86. The molecular weight excluding hydrogens is 573 g/mol. The quantitative estimate of drug-likeness (QED) is 0.115. The smallest absolute Gasteiger partial charge is 0.407 e. The maximum absolute atomic E-state index is 12.7. The summed E-state index contributed by atoms with van der Waals surface area (Å²) in [6.45, 7) is 25.9. The van der Waals surface area contributed by atoms with E-state index in [1.807, 2.05) is 13.8 Å². The fourth-order valence-corrected chi connectivity index (χ4v) is 18.1. The average molecular weight is 635 g/mol. The van der Waals surface area contributed by atoms with Crippen LogP contribution in [0.1, 0.15) is 59.8 Å². The van der Waals surface area contributed by atoms with Crippen LogP contribution in [0.15, 0.2) is 0 Å². The van der Waals surface area contributed by atoms with Crippen molar-refractivity contribution in [1.29, 1.82) is 0 Å². The van der Waals surface area contributed by atoms with Crippen molar-refractivity contribution in [2.45, 2.75) is 112 Å². The Kier molecular flexibility index (Phi) is 16.2. The molecule has 4 atom stereocenters. The molecule has 0 radical (unpaired) electrons. The molecule has 4 unspecified atom stereocenters. The zero-order chi connectivity index (χ0) is 31.3. The third-order valence-corrected chi connectivity index (χ3v) is 17.3. The van der Waals surface area contributed by atoms with Gasteiger partial charge >= 0.3 is 20.7 Å². The third kappa shape index (κ3) is 15.9. The minimum absolute atomic E-state index is 0.102. The van der Waals surface area contributed by atoms with Gasteiger partial charge in [-0.25, -0.2) is 9.59 Å². The second kappa shape index (κ2) is 17.4. The number of carbonyl (C=O) groups excluding carboxylic acids is 2. The molecule has 1 fully saturated rings. The van der Waals surface area contributed by atoms with E-state index in [0.29, 0.717) is 44.6 Å². The summed E-state index contributed by atoms with van der Waals surface area (Å²) in [5, 5.41) is 5.64. The standard InChI is InChI=1S/C29H62N2O7Si3/c1-12-25-18-24(4)26(19-25)20-31-28(33)36-23-29(13-2,22-35-27(32)30-14-3)21-34-16-15-17-41(11,37-39(5,6)7)38-40(8,9)10/h24-26H,12-23H2,1-11H3,(H,30,32)(H,31,33). The summed E-state index contributed by atoms with van der Waals surface area (Å²) >= 11 is 0. The topological polar surface area (TPSA) is 104 Å². The predicted octanol–water partition coefficient (Wildman–Crippen LogP) is 7.11.